The van der Waals surface area contributed by atoms with Gasteiger partial charge in [-0.25, -0.2) is 0 Å². The summed E-state index contributed by atoms with van der Waals surface area (Å²) < 4.78 is 11.2. The van der Waals surface area contributed by atoms with E-state index in [1.165, 1.54) is 0 Å². The Hall–Kier alpha value is -3.98. The van der Waals surface area contributed by atoms with Crippen molar-refractivity contribution in [2.24, 2.45) is 0 Å². The maximum Gasteiger partial charge on any atom is 0.294 e. The molecule has 4 aromatic carbocycles. The zero-order valence-corrected chi connectivity index (χ0v) is 23.5. The summed E-state index contributed by atoms with van der Waals surface area (Å²) in [6.07, 6.45) is 1.63. The number of amides is 3. The van der Waals surface area contributed by atoms with Gasteiger partial charge in [0.25, 0.3) is 11.1 Å². The molecular formula is C30H22Cl2N2O5S. The van der Waals surface area contributed by atoms with Crippen LogP contribution in [-0.4, -0.2) is 35.6 Å². The van der Waals surface area contributed by atoms with E-state index in [-0.39, 0.29) is 11.5 Å². The lowest BCUT2D eigenvalue weighted by molar-refractivity contribution is -0.127. The van der Waals surface area contributed by atoms with Gasteiger partial charge in [-0.3, -0.25) is 19.3 Å². The molecule has 5 rings (SSSR count). The highest BCUT2D eigenvalue weighted by atomic mass is 35.5. The molecule has 1 aliphatic heterocycles. The Labute approximate surface area is 244 Å². The Morgan fingerprint density at radius 2 is 1.77 bits per heavy atom. The summed E-state index contributed by atoms with van der Waals surface area (Å²) in [7, 11) is 1.55. The van der Waals surface area contributed by atoms with Crippen LogP contribution in [0, 0.1) is 0 Å². The molecule has 7 nitrogen and oxygen atoms in total. The van der Waals surface area contributed by atoms with Crippen LogP contribution in [0.5, 0.6) is 11.5 Å². The zero-order chi connectivity index (χ0) is 28.2. The fourth-order valence-electron chi connectivity index (χ4n) is 4.13. The van der Waals surface area contributed by atoms with Gasteiger partial charge in [0.05, 0.1) is 12.0 Å². The highest BCUT2D eigenvalue weighted by Crippen LogP contribution is 2.37. The molecule has 0 aliphatic carbocycles. The maximum absolute atomic E-state index is 13.2. The molecule has 202 valence electrons. The zero-order valence-electron chi connectivity index (χ0n) is 21.1. The minimum absolute atomic E-state index is 0.169. The number of thioether (sulfide) groups is 1. The summed E-state index contributed by atoms with van der Waals surface area (Å²) in [6, 6.07) is 23.3. The smallest absolute Gasteiger partial charge is 0.294 e. The monoisotopic (exact) mass is 592 g/mol. The van der Waals surface area contributed by atoms with Crippen molar-refractivity contribution in [2.45, 2.75) is 6.61 Å². The number of imide groups is 1. The van der Waals surface area contributed by atoms with E-state index in [2.05, 4.69) is 5.32 Å². The highest BCUT2D eigenvalue weighted by Gasteiger charge is 2.36. The van der Waals surface area contributed by atoms with Crippen LogP contribution in [0.4, 0.5) is 10.5 Å². The second-order valence-corrected chi connectivity index (χ2v) is 10.6. The first kappa shape index (κ1) is 27.6. The molecule has 0 saturated carbocycles. The second-order valence-electron chi connectivity index (χ2n) is 8.77. The van der Waals surface area contributed by atoms with Crippen molar-refractivity contribution in [2.75, 3.05) is 19.0 Å². The quantitative estimate of drug-likeness (QED) is 0.214. The number of carbonyl (C=O) groups excluding carboxylic acids is 3. The Kier molecular flexibility index (Phi) is 8.30. The molecule has 1 N–H and O–H groups in total. The van der Waals surface area contributed by atoms with Crippen molar-refractivity contribution in [3.05, 3.63) is 105 Å². The number of anilines is 1. The number of halogens is 2. The van der Waals surface area contributed by atoms with Crippen molar-refractivity contribution in [3.8, 4) is 11.5 Å². The van der Waals surface area contributed by atoms with Gasteiger partial charge in [-0.2, -0.15) is 0 Å². The molecule has 0 unspecified atom stereocenters. The normalized spacial score (nSPS) is 14.2. The third-order valence-electron chi connectivity index (χ3n) is 6.15. The summed E-state index contributed by atoms with van der Waals surface area (Å²) in [4.78, 5) is 39.7. The second kappa shape index (κ2) is 12.0. The fraction of sp³-hybridized carbons (Fsp3) is 0.100. The summed E-state index contributed by atoms with van der Waals surface area (Å²) >= 11 is 13.1. The van der Waals surface area contributed by atoms with Crippen LogP contribution in [0.3, 0.4) is 0 Å². The Morgan fingerprint density at radius 1 is 1.00 bits per heavy atom. The summed E-state index contributed by atoms with van der Waals surface area (Å²) in [5.41, 5.74) is 1.90. The van der Waals surface area contributed by atoms with Gasteiger partial charge < -0.3 is 14.8 Å². The predicted molar refractivity (Wildman–Crippen MR) is 159 cm³/mol. The largest absolute Gasteiger partial charge is 0.497 e. The molecule has 1 aliphatic rings. The third kappa shape index (κ3) is 6.09. The van der Waals surface area contributed by atoms with E-state index >= 15 is 0 Å². The average Bonchev–Trinajstić information content (AvgIpc) is 3.21. The molecule has 40 heavy (non-hydrogen) atoms. The number of benzene rings is 4. The fourth-order valence-corrected chi connectivity index (χ4v) is 5.41. The van der Waals surface area contributed by atoms with Gasteiger partial charge in [0.15, 0.2) is 0 Å². The molecule has 1 heterocycles. The van der Waals surface area contributed by atoms with Gasteiger partial charge in [0.1, 0.15) is 24.7 Å². The molecule has 0 spiro atoms. The van der Waals surface area contributed by atoms with E-state index in [0.717, 1.165) is 33.0 Å². The average molecular weight is 593 g/mol. The van der Waals surface area contributed by atoms with E-state index in [4.69, 9.17) is 32.7 Å². The molecule has 0 aromatic heterocycles. The van der Waals surface area contributed by atoms with Crippen molar-refractivity contribution >= 4 is 74.6 Å². The lowest BCUT2D eigenvalue weighted by atomic mass is 10.0. The maximum atomic E-state index is 13.2. The van der Waals surface area contributed by atoms with Crippen molar-refractivity contribution in [1.29, 1.82) is 0 Å². The van der Waals surface area contributed by atoms with E-state index in [1.54, 1.807) is 55.7 Å². The summed E-state index contributed by atoms with van der Waals surface area (Å²) in [6.45, 7) is -0.246. The number of fused-ring (bicyclic) bond motifs is 1. The molecule has 0 radical (unpaired) electrons. The highest BCUT2D eigenvalue weighted by molar-refractivity contribution is 8.18. The SMILES string of the molecule is COc1ccc(NC(=O)CN2C(=O)S/C(=C/c3c(OCc4ccc(Cl)cc4Cl)ccc4ccccc34)C2=O)cc1. The third-order valence-corrected chi connectivity index (χ3v) is 7.65. The van der Waals surface area contributed by atoms with E-state index in [9.17, 15) is 14.4 Å². The molecule has 10 heteroatoms. The van der Waals surface area contributed by atoms with Crippen LogP contribution >= 0.6 is 35.0 Å². The van der Waals surface area contributed by atoms with E-state index in [1.807, 2.05) is 36.4 Å². The number of hydrogen-bond donors (Lipinski definition) is 1. The lowest BCUT2D eigenvalue weighted by Crippen LogP contribution is -2.36. The lowest BCUT2D eigenvalue weighted by Gasteiger charge is -2.14. The predicted octanol–water partition coefficient (Wildman–Crippen LogP) is 7.41. The van der Waals surface area contributed by atoms with Crippen LogP contribution in [0.2, 0.25) is 10.0 Å². The van der Waals surface area contributed by atoms with Crippen LogP contribution in [0.25, 0.3) is 16.8 Å². The molecule has 0 bridgehead atoms. The standard InChI is InChI=1S/C30H22Cl2N2O5S/c1-38-22-11-9-21(10-12-22)33-28(35)16-34-29(36)27(40-30(34)37)15-24-23-5-3-2-4-18(23)7-13-26(24)39-17-19-6-8-20(31)14-25(19)32/h2-15H,16-17H2,1H3,(H,33,35)/b27-15+. The topological polar surface area (TPSA) is 84.9 Å². The van der Waals surface area contributed by atoms with Gasteiger partial charge in [-0.05, 0) is 71.1 Å². The molecular weight excluding hydrogens is 571 g/mol. The molecule has 3 amide bonds. The molecule has 4 aromatic rings. The minimum Gasteiger partial charge on any atom is -0.497 e. The number of nitrogens with one attached hydrogen (secondary N) is 1. The van der Waals surface area contributed by atoms with Crippen LogP contribution in [-0.2, 0) is 16.2 Å². The first-order valence-corrected chi connectivity index (χ1v) is 13.7. The number of hydrogen-bond acceptors (Lipinski definition) is 6. The number of nitrogens with zero attached hydrogens (tertiary/aromatic N) is 1. The van der Waals surface area contributed by atoms with E-state index in [0.29, 0.717) is 32.8 Å². The van der Waals surface area contributed by atoms with Crippen molar-refractivity contribution < 1.29 is 23.9 Å². The number of methoxy groups -OCH3 is 1. The molecule has 1 saturated heterocycles. The Balaban J connectivity index is 1.38. The number of rotatable bonds is 8. The first-order chi connectivity index (χ1) is 19.3. The van der Waals surface area contributed by atoms with Gasteiger partial charge in [0, 0.05) is 26.9 Å². The van der Waals surface area contributed by atoms with Crippen LogP contribution in [0.1, 0.15) is 11.1 Å². The number of carbonyl (C=O) groups is 3. The summed E-state index contributed by atoms with van der Waals surface area (Å²) in [5.74, 6) is 0.0955. The molecule has 1 fully saturated rings. The first-order valence-electron chi connectivity index (χ1n) is 12.1. The van der Waals surface area contributed by atoms with Crippen LogP contribution < -0.4 is 14.8 Å². The van der Waals surface area contributed by atoms with Gasteiger partial charge in [-0.15, -0.1) is 0 Å². The van der Waals surface area contributed by atoms with Gasteiger partial charge in [0.2, 0.25) is 5.91 Å². The van der Waals surface area contributed by atoms with Crippen molar-refractivity contribution in [1.82, 2.24) is 4.90 Å². The minimum atomic E-state index is -0.556. The Morgan fingerprint density at radius 3 is 2.52 bits per heavy atom. The molecule has 0 atom stereocenters. The van der Waals surface area contributed by atoms with Gasteiger partial charge in [-0.1, -0.05) is 59.6 Å². The Bertz CT molecular complexity index is 1660. The van der Waals surface area contributed by atoms with Gasteiger partial charge >= 0.3 is 0 Å². The van der Waals surface area contributed by atoms with Crippen LogP contribution in [0.15, 0.2) is 83.8 Å². The van der Waals surface area contributed by atoms with E-state index < -0.39 is 23.6 Å². The van der Waals surface area contributed by atoms with Crippen molar-refractivity contribution in [3.63, 3.8) is 0 Å². The summed E-state index contributed by atoms with van der Waals surface area (Å²) in [5, 5.41) is 4.93. The number of ether oxygens (including phenoxy) is 2.